The summed E-state index contributed by atoms with van der Waals surface area (Å²) in [4.78, 5) is 12.1. The zero-order valence-electron chi connectivity index (χ0n) is 14.9. The molecule has 0 aromatic heterocycles. The summed E-state index contributed by atoms with van der Waals surface area (Å²) in [5.74, 6) is 1.34. The SMILES string of the molecule is CCCCCC(C)NC(=O)NC(C)c1ccc(OC)c(OC)c1. The Morgan fingerprint density at radius 2 is 1.78 bits per heavy atom. The molecular formula is C18H30N2O3. The van der Waals surface area contributed by atoms with Gasteiger partial charge in [-0.15, -0.1) is 0 Å². The van der Waals surface area contributed by atoms with Crippen LogP contribution in [0.15, 0.2) is 18.2 Å². The monoisotopic (exact) mass is 322 g/mol. The van der Waals surface area contributed by atoms with Crippen molar-refractivity contribution in [1.82, 2.24) is 10.6 Å². The molecular weight excluding hydrogens is 292 g/mol. The number of methoxy groups -OCH3 is 2. The highest BCUT2D eigenvalue weighted by Gasteiger charge is 2.14. The van der Waals surface area contributed by atoms with Gasteiger partial charge in [0.15, 0.2) is 11.5 Å². The Morgan fingerprint density at radius 1 is 1.09 bits per heavy atom. The largest absolute Gasteiger partial charge is 0.493 e. The van der Waals surface area contributed by atoms with Gasteiger partial charge in [0.25, 0.3) is 0 Å². The lowest BCUT2D eigenvalue weighted by Gasteiger charge is -2.19. The molecule has 2 atom stereocenters. The Kier molecular flexibility index (Phi) is 8.30. The van der Waals surface area contributed by atoms with Crippen molar-refractivity contribution in [1.29, 1.82) is 0 Å². The minimum Gasteiger partial charge on any atom is -0.493 e. The molecule has 2 amide bonds. The third-order valence-corrected chi connectivity index (χ3v) is 3.87. The Balaban J connectivity index is 2.54. The van der Waals surface area contributed by atoms with E-state index in [1.165, 1.54) is 12.8 Å². The number of hydrogen-bond donors (Lipinski definition) is 2. The smallest absolute Gasteiger partial charge is 0.315 e. The number of unbranched alkanes of at least 4 members (excludes halogenated alkanes) is 2. The number of rotatable bonds is 9. The van der Waals surface area contributed by atoms with E-state index in [1.54, 1.807) is 14.2 Å². The summed E-state index contributed by atoms with van der Waals surface area (Å²) >= 11 is 0. The van der Waals surface area contributed by atoms with Crippen LogP contribution >= 0.6 is 0 Å². The van der Waals surface area contributed by atoms with E-state index < -0.39 is 0 Å². The number of hydrogen-bond acceptors (Lipinski definition) is 3. The van der Waals surface area contributed by atoms with Crippen molar-refractivity contribution >= 4 is 6.03 Å². The first-order chi connectivity index (χ1) is 11.0. The number of carbonyl (C=O) groups excluding carboxylic acids is 1. The zero-order chi connectivity index (χ0) is 17.2. The number of amides is 2. The number of urea groups is 1. The second kappa shape index (κ2) is 9.98. The van der Waals surface area contributed by atoms with Crippen LogP contribution in [-0.2, 0) is 0 Å². The molecule has 2 unspecified atom stereocenters. The average Bonchev–Trinajstić information content (AvgIpc) is 2.54. The highest BCUT2D eigenvalue weighted by molar-refractivity contribution is 5.74. The first kappa shape index (κ1) is 19.1. The van der Waals surface area contributed by atoms with E-state index in [2.05, 4.69) is 17.6 Å². The van der Waals surface area contributed by atoms with Crippen molar-refractivity contribution in [2.24, 2.45) is 0 Å². The van der Waals surface area contributed by atoms with Crippen molar-refractivity contribution in [3.05, 3.63) is 23.8 Å². The number of ether oxygens (including phenoxy) is 2. The molecule has 0 spiro atoms. The van der Waals surface area contributed by atoms with Crippen LogP contribution in [0.25, 0.3) is 0 Å². The molecule has 130 valence electrons. The number of carbonyl (C=O) groups is 1. The second-order valence-electron chi connectivity index (χ2n) is 5.85. The molecule has 0 radical (unpaired) electrons. The summed E-state index contributed by atoms with van der Waals surface area (Å²) in [6.07, 6.45) is 4.54. The third kappa shape index (κ3) is 6.38. The van der Waals surface area contributed by atoms with Crippen LogP contribution in [0.5, 0.6) is 11.5 Å². The molecule has 23 heavy (non-hydrogen) atoms. The maximum Gasteiger partial charge on any atom is 0.315 e. The first-order valence-corrected chi connectivity index (χ1v) is 8.30. The van der Waals surface area contributed by atoms with Gasteiger partial charge in [-0.25, -0.2) is 4.79 Å². The van der Waals surface area contributed by atoms with Crippen molar-refractivity contribution in [2.75, 3.05) is 14.2 Å². The van der Waals surface area contributed by atoms with Crippen molar-refractivity contribution in [2.45, 2.75) is 58.5 Å². The lowest BCUT2D eigenvalue weighted by Crippen LogP contribution is -2.41. The normalized spacial score (nSPS) is 13.1. The fourth-order valence-corrected chi connectivity index (χ4v) is 2.44. The molecule has 0 aliphatic carbocycles. The second-order valence-corrected chi connectivity index (χ2v) is 5.85. The lowest BCUT2D eigenvalue weighted by atomic mass is 10.1. The molecule has 0 saturated heterocycles. The first-order valence-electron chi connectivity index (χ1n) is 8.30. The van der Waals surface area contributed by atoms with Crippen LogP contribution in [0, 0.1) is 0 Å². The van der Waals surface area contributed by atoms with Crippen molar-refractivity contribution < 1.29 is 14.3 Å². The third-order valence-electron chi connectivity index (χ3n) is 3.87. The van der Waals surface area contributed by atoms with Gasteiger partial charge in [-0.2, -0.15) is 0 Å². The maximum atomic E-state index is 12.1. The van der Waals surface area contributed by atoms with E-state index in [-0.39, 0.29) is 18.1 Å². The van der Waals surface area contributed by atoms with Crippen molar-refractivity contribution in [3.8, 4) is 11.5 Å². The van der Waals surface area contributed by atoms with Gasteiger partial charge in [-0.3, -0.25) is 0 Å². The number of benzene rings is 1. The summed E-state index contributed by atoms with van der Waals surface area (Å²) in [6, 6.07) is 5.58. The fraction of sp³-hybridized carbons (Fsp3) is 0.611. The van der Waals surface area contributed by atoms with Crippen LogP contribution in [0.2, 0.25) is 0 Å². The summed E-state index contributed by atoms with van der Waals surface area (Å²) in [5, 5.41) is 5.94. The Labute approximate surface area is 139 Å². The van der Waals surface area contributed by atoms with E-state index in [0.29, 0.717) is 11.5 Å². The Bertz CT molecular complexity index is 491. The van der Waals surface area contributed by atoms with Gasteiger partial charge in [0.05, 0.1) is 20.3 Å². The highest BCUT2D eigenvalue weighted by atomic mass is 16.5. The van der Waals surface area contributed by atoms with Gasteiger partial charge < -0.3 is 20.1 Å². The minimum atomic E-state index is -0.142. The predicted octanol–water partition coefficient (Wildman–Crippen LogP) is 4.03. The van der Waals surface area contributed by atoms with Gasteiger partial charge in [0.1, 0.15) is 0 Å². The van der Waals surface area contributed by atoms with E-state index in [4.69, 9.17) is 9.47 Å². The molecule has 0 saturated carbocycles. The topological polar surface area (TPSA) is 59.6 Å². The van der Waals surface area contributed by atoms with Crippen LogP contribution in [0.1, 0.15) is 58.1 Å². The molecule has 2 N–H and O–H groups in total. The van der Waals surface area contributed by atoms with Crippen LogP contribution in [0.3, 0.4) is 0 Å². The Morgan fingerprint density at radius 3 is 2.39 bits per heavy atom. The molecule has 0 bridgehead atoms. The van der Waals surface area contributed by atoms with E-state index in [0.717, 1.165) is 18.4 Å². The quantitative estimate of drug-likeness (QED) is 0.675. The lowest BCUT2D eigenvalue weighted by molar-refractivity contribution is 0.234. The molecule has 1 rings (SSSR count). The molecule has 0 heterocycles. The number of nitrogens with one attached hydrogen (secondary N) is 2. The van der Waals surface area contributed by atoms with Crippen molar-refractivity contribution in [3.63, 3.8) is 0 Å². The van der Waals surface area contributed by atoms with Gasteiger partial charge in [-0.05, 0) is 38.0 Å². The summed E-state index contributed by atoms with van der Waals surface area (Å²) in [6.45, 7) is 6.16. The van der Waals surface area contributed by atoms with Gasteiger partial charge in [-0.1, -0.05) is 32.3 Å². The van der Waals surface area contributed by atoms with Crippen LogP contribution < -0.4 is 20.1 Å². The Hall–Kier alpha value is -1.91. The molecule has 0 fully saturated rings. The molecule has 5 nitrogen and oxygen atoms in total. The molecule has 5 heteroatoms. The average molecular weight is 322 g/mol. The summed E-state index contributed by atoms with van der Waals surface area (Å²) < 4.78 is 10.5. The van der Waals surface area contributed by atoms with Crippen LogP contribution in [0.4, 0.5) is 4.79 Å². The standard InChI is InChI=1S/C18H30N2O3/c1-6-7-8-9-13(2)19-18(21)20-14(3)15-10-11-16(22-4)17(12-15)23-5/h10-14H,6-9H2,1-5H3,(H2,19,20,21). The van der Waals surface area contributed by atoms with Gasteiger partial charge >= 0.3 is 6.03 Å². The predicted molar refractivity (Wildman–Crippen MR) is 93.2 cm³/mol. The zero-order valence-corrected chi connectivity index (χ0v) is 14.9. The fourth-order valence-electron chi connectivity index (χ4n) is 2.44. The molecule has 0 aliphatic rings. The molecule has 1 aromatic carbocycles. The van der Waals surface area contributed by atoms with E-state index in [1.807, 2.05) is 32.0 Å². The van der Waals surface area contributed by atoms with Crippen LogP contribution in [-0.4, -0.2) is 26.3 Å². The maximum absolute atomic E-state index is 12.1. The summed E-state index contributed by atoms with van der Waals surface area (Å²) in [7, 11) is 3.21. The van der Waals surface area contributed by atoms with Gasteiger partial charge in [0.2, 0.25) is 0 Å². The molecule has 1 aromatic rings. The van der Waals surface area contributed by atoms with Gasteiger partial charge in [0, 0.05) is 6.04 Å². The highest BCUT2D eigenvalue weighted by Crippen LogP contribution is 2.29. The van der Waals surface area contributed by atoms with E-state index in [9.17, 15) is 4.79 Å². The molecule has 0 aliphatic heterocycles. The summed E-state index contributed by atoms with van der Waals surface area (Å²) in [5.41, 5.74) is 0.969. The van der Waals surface area contributed by atoms with E-state index >= 15 is 0 Å². The minimum absolute atomic E-state index is 0.113.